The van der Waals surface area contributed by atoms with E-state index in [1.165, 1.54) is 0 Å². The zero-order chi connectivity index (χ0) is 10.8. The molecule has 2 atom stereocenters. The van der Waals surface area contributed by atoms with E-state index in [9.17, 15) is 4.79 Å². The molecule has 15 heavy (non-hydrogen) atoms. The number of Topliss-reactive ketones (excluding diaryl/α,β-unsaturated/α-hetero) is 1. The van der Waals surface area contributed by atoms with Crippen LogP contribution in [0.2, 0.25) is 0 Å². The van der Waals surface area contributed by atoms with E-state index in [0.29, 0.717) is 24.2 Å². The van der Waals surface area contributed by atoms with Crippen LogP contribution in [0.4, 0.5) is 0 Å². The van der Waals surface area contributed by atoms with Gasteiger partial charge in [-0.25, -0.2) is 4.98 Å². The number of carbonyl (C=O) groups excluding carboxylic acids is 1. The van der Waals surface area contributed by atoms with Gasteiger partial charge in [0.2, 0.25) is 0 Å². The van der Waals surface area contributed by atoms with Gasteiger partial charge < -0.3 is 4.57 Å². The fourth-order valence-corrected chi connectivity index (χ4v) is 2.58. The SMILES string of the molecule is CCC1CCC(=O)CC1n1ccnc1C. The zero-order valence-corrected chi connectivity index (χ0v) is 9.44. The summed E-state index contributed by atoms with van der Waals surface area (Å²) in [5.74, 6) is 2.06. The molecule has 2 rings (SSSR count). The lowest BCUT2D eigenvalue weighted by molar-refractivity contribution is -0.122. The number of aromatic nitrogens is 2. The average Bonchev–Trinajstić information content (AvgIpc) is 2.64. The molecule has 0 spiro atoms. The first kappa shape index (κ1) is 10.4. The van der Waals surface area contributed by atoms with Gasteiger partial charge in [0.15, 0.2) is 0 Å². The summed E-state index contributed by atoms with van der Waals surface area (Å²) in [6.45, 7) is 4.21. The summed E-state index contributed by atoms with van der Waals surface area (Å²) in [6.07, 6.45) is 7.47. The molecular weight excluding hydrogens is 188 g/mol. The highest BCUT2D eigenvalue weighted by Crippen LogP contribution is 2.34. The second kappa shape index (κ2) is 4.17. The Labute approximate surface area is 90.5 Å². The molecule has 0 bridgehead atoms. The first-order valence-corrected chi connectivity index (χ1v) is 5.73. The van der Waals surface area contributed by atoms with Crippen molar-refractivity contribution >= 4 is 5.78 Å². The van der Waals surface area contributed by atoms with Crippen LogP contribution in [0.5, 0.6) is 0 Å². The van der Waals surface area contributed by atoms with Gasteiger partial charge in [-0.05, 0) is 19.3 Å². The van der Waals surface area contributed by atoms with Gasteiger partial charge in [0.1, 0.15) is 11.6 Å². The molecule has 1 aromatic rings. The van der Waals surface area contributed by atoms with Gasteiger partial charge in [0, 0.05) is 31.3 Å². The first-order chi connectivity index (χ1) is 7.22. The largest absolute Gasteiger partial charge is 0.331 e. The third-order valence-corrected chi connectivity index (χ3v) is 3.52. The number of aryl methyl sites for hydroxylation is 1. The molecule has 0 radical (unpaired) electrons. The molecule has 2 unspecified atom stereocenters. The van der Waals surface area contributed by atoms with Crippen molar-refractivity contribution in [2.75, 3.05) is 0 Å². The van der Waals surface area contributed by atoms with Gasteiger partial charge in [-0.3, -0.25) is 4.79 Å². The summed E-state index contributed by atoms with van der Waals surface area (Å²) in [6, 6.07) is 0.346. The summed E-state index contributed by atoms with van der Waals surface area (Å²) < 4.78 is 2.17. The number of rotatable bonds is 2. The van der Waals surface area contributed by atoms with E-state index in [2.05, 4.69) is 16.5 Å². The maximum absolute atomic E-state index is 11.5. The Bertz CT molecular complexity index is 356. The molecule has 0 saturated heterocycles. The fraction of sp³-hybridized carbons (Fsp3) is 0.667. The number of ketones is 1. The van der Waals surface area contributed by atoms with Gasteiger partial charge in [-0.15, -0.1) is 0 Å². The predicted octanol–water partition coefficient (Wildman–Crippen LogP) is 2.51. The van der Waals surface area contributed by atoms with E-state index < -0.39 is 0 Å². The second-order valence-corrected chi connectivity index (χ2v) is 4.40. The molecule has 3 nitrogen and oxygen atoms in total. The van der Waals surface area contributed by atoms with E-state index in [1.54, 1.807) is 0 Å². The Hall–Kier alpha value is -1.12. The summed E-state index contributed by atoms with van der Waals surface area (Å²) in [5.41, 5.74) is 0. The summed E-state index contributed by atoms with van der Waals surface area (Å²) in [5, 5.41) is 0. The van der Waals surface area contributed by atoms with Crippen LogP contribution >= 0.6 is 0 Å². The van der Waals surface area contributed by atoms with Crippen LogP contribution in [0.25, 0.3) is 0 Å². The molecule has 1 aliphatic rings. The quantitative estimate of drug-likeness (QED) is 0.745. The standard InChI is InChI=1S/C12H18N2O/c1-3-10-4-5-11(15)8-12(10)14-7-6-13-9(14)2/h6-7,10,12H,3-5,8H2,1-2H3. The Morgan fingerprint density at radius 2 is 2.40 bits per heavy atom. The minimum atomic E-state index is 0.346. The molecule has 1 saturated carbocycles. The van der Waals surface area contributed by atoms with Crippen molar-refractivity contribution in [3.8, 4) is 0 Å². The average molecular weight is 206 g/mol. The first-order valence-electron chi connectivity index (χ1n) is 5.73. The Balaban J connectivity index is 2.24. The van der Waals surface area contributed by atoms with Crippen molar-refractivity contribution in [2.45, 2.75) is 45.6 Å². The summed E-state index contributed by atoms with van der Waals surface area (Å²) in [7, 11) is 0. The van der Waals surface area contributed by atoms with E-state index in [-0.39, 0.29) is 0 Å². The maximum atomic E-state index is 11.5. The molecule has 3 heteroatoms. The number of nitrogens with zero attached hydrogens (tertiary/aromatic N) is 2. The van der Waals surface area contributed by atoms with Crippen molar-refractivity contribution in [2.24, 2.45) is 5.92 Å². The van der Waals surface area contributed by atoms with Crippen molar-refractivity contribution in [1.29, 1.82) is 0 Å². The second-order valence-electron chi connectivity index (χ2n) is 4.40. The molecule has 0 aliphatic heterocycles. The lowest BCUT2D eigenvalue weighted by Gasteiger charge is -2.31. The van der Waals surface area contributed by atoms with E-state index in [0.717, 1.165) is 25.1 Å². The molecule has 82 valence electrons. The van der Waals surface area contributed by atoms with Gasteiger partial charge >= 0.3 is 0 Å². The van der Waals surface area contributed by atoms with Crippen LogP contribution in [-0.2, 0) is 4.79 Å². The van der Waals surface area contributed by atoms with Crippen molar-refractivity contribution < 1.29 is 4.79 Å². The van der Waals surface area contributed by atoms with Crippen molar-refractivity contribution in [3.63, 3.8) is 0 Å². The molecule has 0 N–H and O–H groups in total. The highest BCUT2D eigenvalue weighted by molar-refractivity contribution is 5.79. The summed E-state index contributed by atoms with van der Waals surface area (Å²) in [4.78, 5) is 15.7. The highest BCUT2D eigenvalue weighted by atomic mass is 16.1. The van der Waals surface area contributed by atoms with E-state index in [4.69, 9.17) is 0 Å². The lowest BCUT2D eigenvalue weighted by atomic mass is 9.82. The van der Waals surface area contributed by atoms with Gasteiger partial charge in [0.25, 0.3) is 0 Å². The van der Waals surface area contributed by atoms with E-state index in [1.807, 2.05) is 19.3 Å². The normalized spacial score (nSPS) is 26.9. The molecule has 1 aromatic heterocycles. The Kier molecular flexibility index (Phi) is 2.89. The lowest BCUT2D eigenvalue weighted by Crippen LogP contribution is -2.27. The van der Waals surface area contributed by atoms with Crippen LogP contribution in [0.1, 0.15) is 44.5 Å². The third kappa shape index (κ3) is 1.96. The van der Waals surface area contributed by atoms with Gasteiger partial charge in [0.05, 0.1) is 0 Å². The third-order valence-electron chi connectivity index (χ3n) is 3.52. The number of imidazole rings is 1. The monoisotopic (exact) mass is 206 g/mol. The molecule has 1 aliphatic carbocycles. The van der Waals surface area contributed by atoms with Crippen molar-refractivity contribution in [1.82, 2.24) is 9.55 Å². The maximum Gasteiger partial charge on any atom is 0.134 e. The fourth-order valence-electron chi connectivity index (χ4n) is 2.58. The number of carbonyl (C=O) groups is 1. The Morgan fingerprint density at radius 3 is 3.00 bits per heavy atom. The van der Waals surface area contributed by atoms with Crippen LogP contribution in [0, 0.1) is 12.8 Å². The topological polar surface area (TPSA) is 34.9 Å². The van der Waals surface area contributed by atoms with Crippen LogP contribution in [0.15, 0.2) is 12.4 Å². The Morgan fingerprint density at radius 1 is 1.60 bits per heavy atom. The predicted molar refractivity (Wildman–Crippen MR) is 58.6 cm³/mol. The van der Waals surface area contributed by atoms with Crippen LogP contribution < -0.4 is 0 Å². The van der Waals surface area contributed by atoms with Crippen LogP contribution in [-0.4, -0.2) is 15.3 Å². The molecule has 1 heterocycles. The summed E-state index contributed by atoms with van der Waals surface area (Å²) >= 11 is 0. The number of hydrogen-bond donors (Lipinski definition) is 0. The zero-order valence-electron chi connectivity index (χ0n) is 9.44. The molecular formula is C12H18N2O. The molecule has 0 aromatic carbocycles. The minimum Gasteiger partial charge on any atom is -0.331 e. The van der Waals surface area contributed by atoms with Crippen LogP contribution in [0.3, 0.4) is 0 Å². The van der Waals surface area contributed by atoms with Crippen molar-refractivity contribution in [3.05, 3.63) is 18.2 Å². The minimum absolute atomic E-state index is 0.346. The van der Waals surface area contributed by atoms with Gasteiger partial charge in [-0.2, -0.15) is 0 Å². The smallest absolute Gasteiger partial charge is 0.134 e. The molecule has 1 fully saturated rings. The molecule has 0 amide bonds. The van der Waals surface area contributed by atoms with E-state index >= 15 is 0 Å². The van der Waals surface area contributed by atoms with Gasteiger partial charge in [-0.1, -0.05) is 13.3 Å². The number of hydrogen-bond acceptors (Lipinski definition) is 2. The highest BCUT2D eigenvalue weighted by Gasteiger charge is 2.29.